The van der Waals surface area contributed by atoms with E-state index in [1.165, 1.54) is 6.08 Å². The largest absolute Gasteiger partial charge is 0.463 e. The fourth-order valence-corrected chi connectivity index (χ4v) is 5.15. The Morgan fingerprint density at radius 2 is 1.29 bits per heavy atom. The van der Waals surface area contributed by atoms with E-state index in [-0.39, 0.29) is 26.1 Å². The molecular weight excluding hydrogens is 608 g/mol. The summed E-state index contributed by atoms with van der Waals surface area (Å²) in [4.78, 5) is 53.1. The summed E-state index contributed by atoms with van der Waals surface area (Å²) >= 11 is 0. The van der Waals surface area contributed by atoms with E-state index in [0.717, 1.165) is 16.7 Å². The van der Waals surface area contributed by atoms with Crippen molar-refractivity contribution in [2.75, 3.05) is 13.2 Å². The maximum Gasteiger partial charge on any atom is 0.332 e. The number of amides is 2. The van der Waals surface area contributed by atoms with Crippen molar-refractivity contribution >= 4 is 23.8 Å². The molecule has 9 heteroatoms. The first kappa shape index (κ1) is 37.4. The second-order valence-corrected chi connectivity index (χ2v) is 11.6. The Balaban J connectivity index is 1.69. The van der Waals surface area contributed by atoms with Gasteiger partial charge in [-0.25, -0.2) is 4.79 Å². The standard InChI is InChI=1S/C39H46N2O7/c1-3-5-22-33(23-29-16-9-6-10-17-29)38(45)48-28-35(39(46)47-27-31-20-13-8-14-21-31)41-37(44)32(15-4-2)25-36(43)40-34(26-42)24-30-18-11-7-12-19-30/h3-4,6-14,16-21,32-35,42H,1-2,5,15,22-28H2,(H,40,43)(H,41,44)/t32-,33-,34+,35-/m1/s1. The summed E-state index contributed by atoms with van der Waals surface area (Å²) in [7, 11) is 0. The van der Waals surface area contributed by atoms with E-state index >= 15 is 0 Å². The number of hydrogen-bond acceptors (Lipinski definition) is 7. The Hall–Kier alpha value is -5.02. The monoisotopic (exact) mass is 654 g/mol. The van der Waals surface area contributed by atoms with Crippen molar-refractivity contribution in [1.82, 2.24) is 10.6 Å². The lowest BCUT2D eigenvalue weighted by atomic mass is 9.95. The highest BCUT2D eigenvalue weighted by Gasteiger charge is 2.30. The first-order valence-electron chi connectivity index (χ1n) is 16.2. The minimum Gasteiger partial charge on any atom is -0.463 e. The first-order valence-corrected chi connectivity index (χ1v) is 16.2. The molecule has 0 fully saturated rings. The maximum absolute atomic E-state index is 13.5. The number of carbonyl (C=O) groups excluding carboxylic acids is 4. The highest BCUT2D eigenvalue weighted by atomic mass is 16.6. The third-order valence-corrected chi connectivity index (χ3v) is 7.76. The van der Waals surface area contributed by atoms with Crippen LogP contribution in [0.25, 0.3) is 0 Å². The number of nitrogens with one attached hydrogen (secondary N) is 2. The van der Waals surface area contributed by atoms with E-state index in [1.54, 1.807) is 18.2 Å². The number of carbonyl (C=O) groups is 4. The third-order valence-electron chi connectivity index (χ3n) is 7.76. The molecule has 48 heavy (non-hydrogen) atoms. The molecule has 0 unspecified atom stereocenters. The van der Waals surface area contributed by atoms with E-state index in [1.807, 2.05) is 78.9 Å². The molecule has 0 aliphatic heterocycles. The molecule has 4 atom stereocenters. The molecule has 0 aliphatic carbocycles. The smallest absolute Gasteiger partial charge is 0.332 e. The zero-order valence-electron chi connectivity index (χ0n) is 27.3. The Morgan fingerprint density at radius 1 is 0.708 bits per heavy atom. The van der Waals surface area contributed by atoms with Crippen LogP contribution in [-0.2, 0) is 48.1 Å². The number of benzene rings is 3. The van der Waals surface area contributed by atoms with Crippen LogP contribution in [0.3, 0.4) is 0 Å². The lowest BCUT2D eigenvalue weighted by Gasteiger charge is -2.23. The number of hydrogen-bond donors (Lipinski definition) is 3. The molecule has 3 N–H and O–H groups in total. The number of ether oxygens (including phenoxy) is 2. The topological polar surface area (TPSA) is 131 Å². The van der Waals surface area contributed by atoms with Gasteiger partial charge in [-0.1, -0.05) is 103 Å². The first-order chi connectivity index (χ1) is 23.3. The van der Waals surface area contributed by atoms with E-state index in [0.29, 0.717) is 25.7 Å². The summed E-state index contributed by atoms with van der Waals surface area (Å²) in [6.45, 7) is 6.70. The molecule has 2 amide bonds. The quantitative estimate of drug-likeness (QED) is 0.110. The van der Waals surface area contributed by atoms with Crippen LogP contribution < -0.4 is 10.6 Å². The van der Waals surface area contributed by atoms with Crippen molar-refractivity contribution in [2.45, 2.75) is 57.2 Å². The van der Waals surface area contributed by atoms with Crippen LogP contribution in [0.2, 0.25) is 0 Å². The number of aliphatic hydroxyl groups excluding tert-OH is 1. The van der Waals surface area contributed by atoms with Gasteiger partial charge in [0.1, 0.15) is 13.2 Å². The second kappa shape index (κ2) is 21.0. The van der Waals surface area contributed by atoms with Crippen LogP contribution in [0.15, 0.2) is 116 Å². The van der Waals surface area contributed by atoms with Gasteiger partial charge in [0.15, 0.2) is 6.04 Å². The van der Waals surface area contributed by atoms with Crippen LogP contribution >= 0.6 is 0 Å². The summed E-state index contributed by atoms with van der Waals surface area (Å²) in [6, 6.07) is 26.2. The lowest BCUT2D eigenvalue weighted by Crippen LogP contribution is -2.48. The minimum absolute atomic E-state index is 0.0432. The van der Waals surface area contributed by atoms with Gasteiger partial charge in [-0.2, -0.15) is 0 Å². The molecule has 3 aromatic rings. The SMILES string of the molecule is C=CCC[C@H](Cc1ccccc1)C(=O)OC[C@@H](NC(=O)[C@H](CC=C)CC(=O)N[C@H](CO)Cc1ccccc1)C(=O)OCc1ccccc1. The van der Waals surface area contributed by atoms with Gasteiger partial charge in [-0.05, 0) is 48.8 Å². The van der Waals surface area contributed by atoms with E-state index in [2.05, 4.69) is 23.8 Å². The molecule has 0 aliphatic rings. The zero-order chi connectivity index (χ0) is 34.6. The molecule has 0 saturated carbocycles. The molecule has 0 saturated heterocycles. The summed E-state index contributed by atoms with van der Waals surface area (Å²) in [5, 5.41) is 15.3. The van der Waals surface area contributed by atoms with Crippen molar-refractivity contribution in [3.8, 4) is 0 Å². The fraction of sp³-hybridized carbons (Fsp3) is 0.333. The van der Waals surface area contributed by atoms with Crippen LogP contribution in [0.1, 0.15) is 42.4 Å². The molecular formula is C39H46N2O7. The van der Waals surface area contributed by atoms with Crippen molar-refractivity contribution in [3.63, 3.8) is 0 Å². The summed E-state index contributed by atoms with van der Waals surface area (Å²) in [5.74, 6) is -3.69. The molecule has 254 valence electrons. The molecule has 0 aromatic heterocycles. The third kappa shape index (κ3) is 13.4. The van der Waals surface area contributed by atoms with Gasteiger partial charge < -0.3 is 25.2 Å². The Kier molecular flexibility index (Phi) is 16.4. The number of rotatable bonds is 21. The van der Waals surface area contributed by atoms with Gasteiger partial charge in [-0.3, -0.25) is 14.4 Å². The van der Waals surface area contributed by atoms with E-state index in [4.69, 9.17) is 9.47 Å². The number of aliphatic hydroxyl groups is 1. The Labute approximate surface area is 283 Å². The van der Waals surface area contributed by atoms with Crippen molar-refractivity contribution in [3.05, 3.63) is 133 Å². The zero-order valence-corrected chi connectivity index (χ0v) is 27.3. The Morgan fingerprint density at radius 3 is 1.85 bits per heavy atom. The summed E-state index contributed by atoms with van der Waals surface area (Å²) in [6.07, 6.45) is 5.14. The van der Waals surface area contributed by atoms with Gasteiger partial charge in [0, 0.05) is 6.42 Å². The molecule has 3 rings (SSSR count). The summed E-state index contributed by atoms with van der Waals surface area (Å²) < 4.78 is 11.1. The van der Waals surface area contributed by atoms with Crippen LogP contribution in [-0.4, -0.2) is 54.2 Å². The number of esters is 2. The molecule has 0 bridgehead atoms. The van der Waals surface area contributed by atoms with Crippen molar-refractivity contribution in [2.24, 2.45) is 11.8 Å². The predicted molar refractivity (Wildman–Crippen MR) is 184 cm³/mol. The van der Waals surface area contributed by atoms with Crippen LogP contribution in [0.5, 0.6) is 0 Å². The van der Waals surface area contributed by atoms with E-state index < -0.39 is 54.3 Å². The van der Waals surface area contributed by atoms with Crippen molar-refractivity contribution in [1.29, 1.82) is 0 Å². The van der Waals surface area contributed by atoms with Crippen molar-refractivity contribution < 1.29 is 33.8 Å². The lowest BCUT2D eigenvalue weighted by molar-refractivity contribution is -0.157. The van der Waals surface area contributed by atoms with Crippen LogP contribution in [0.4, 0.5) is 0 Å². The van der Waals surface area contributed by atoms with Gasteiger partial charge in [-0.15, -0.1) is 13.2 Å². The van der Waals surface area contributed by atoms with Crippen LogP contribution in [0, 0.1) is 11.8 Å². The molecule has 0 radical (unpaired) electrons. The maximum atomic E-state index is 13.5. The summed E-state index contributed by atoms with van der Waals surface area (Å²) in [5.41, 5.74) is 2.66. The normalized spacial score (nSPS) is 13.2. The van der Waals surface area contributed by atoms with Gasteiger partial charge in [0.05, 0.1) is 24.5 Å². The average Bonchev–Trinajstić information content (AvgIpc) is 3.11. The minimum atomic E-state index is -1.32. The molecule has 0 heterocycles. The molecule has 3 aromatic carbocycles. The second-order valence-electron chi connectivity index (χ2n) is 11.6. The molecule has 0 spiro atoms. The number of allylic oxidation sites excluding steroid dienone is 2. The van der Waals surface area contributed by atoms with Gasteiger partial charge in [0.2, 0.25) is 11.8 Å². The highest BCUT2D eigenvalue weighted by molar-refractivity contribution is 5.89. The molecule has 9 nitrogen and oxygen atoms in total. The van der Waals surface area contributed by atoms with Gasteiger partial charge >= 0.3 is 11.9 Å². The average molecular weight is 655 g/mol. The Bertz CT molecular complexity index is 1450. The predicted octanol–water partition coefficient (Wildman–Crippen LogP) is 4.89. The van der Waals surface area contributed by atoms with E-state index in [9.17, 15) is 24.3 Å². The fourth-order valence-electron chi connectivity index (χ4n) is 5.15. The highest BCUT2D eigenvalue weighted by Crippen LogP contribution is 2.18. The van der Waals surface area contributed by atoms with Gasteiger partial charge in [0.25, 0.3) is 0 Å².